The van der Waals surface area contributed by atoms with Crippen molar-refractivity contribution < 1.29 is 13.2 Å². The van der Waals surface area contributed by atoms with Gasteiger partial charge in [-0.3, -0.25) is 14.2 Å². The van der Waals surface area contributed by atoms with Gasteiger partial charge in [-0.25, -0.2) is 17.7 Å². The Morgan fingerprint density at radius 1 is 1.09 bits per heavy atom. The molecule has 0 N–H and O–H groups in total. The van der Waals surface area contributed by atoms with E-state index < -0.39 is 10.0 Å². The normalized spacial score (nSPS) is 11.9. The summed E-state index contributed by atoms with van der Waals surface area (Å²) < 4.78 is 27.0. The van der Waals surface area contributed by atoms with Crippen LogP contribution >= 0.6 is 23.1 Å². The number of ketones is 1. The predicted molar refractivity (Wildman–Crippen MR) is 133 cm³/mol. The maximum Gasteiger partial charge on any atom is 0.263 e. The SMILES string of the molecule is CN(C)S(=O)(=O)c1ccc(C(=O)CSc2nc3scc(-c4ccccc4)c3c(=O)n2C)cc1. The summed E-state index contributed by atoms with van der Waals surface area (Å²) in [5.41, 5.74) is 2.05. The van der Waals surface area contributed by atoms with Crippen molar-refractivity contribution in [3.05, 3.63) is 75.9 Å². The summed E-state index contributed by atoms with van der Waals surface area (Å²) in [6.07, 6.45) is 0. The minimum atomic E-state index is -3.55. The number of nitrogens with zero attached hydrogens (tertiary/aromatic N) is 3. The summed E-state index contributed by atoms with van der Waals surface area (Å²) in [4.78, 5) is 31.1. The molecule has 0 radical (unpaired) electrons. The Hall–Kier alpha value is -2.79. The van der Waals surface area contributed by atoms with Gasteiger partial charge >= 0.3 is 0 Å². The quantitative estimate of drug-likeness (QED) is 0.218. The van der Waals surface area contributed by atoms with Crippen molar-refractivity contribution in [1.29, 1.82) is 0 Å². The molecule has 0 bridgehead atoms. The molecule has 7 nitrogen and oxygen atoms in total. The Kier molecular flexibility index (Phi) is 6.53. The third-order valence-corrected chi connectivity index (χ3v) is 8.88. The van der Waals surface area contributed by atoms with E-state index in [9.17, 15) is 18.0 Å². The smallest absolute Gasteiger partial charge is 0.263 e. The average molecular weight is 500 g/mol. The maximum atomic E-state index is 13.1. The van der Waals surface area contributed by atoms with Gasteiger partial charge in [-0.2, -0.15) is 0 Å². The number of hydrogen-bond acceptors (Lipinski definition) is 7. The van der Waals surface area contributed by atoms with Gasteiger partial charge in [0.25, 0.3) is 5.56 Å². The van der Waals surface area contributed by atoms with Crippen LogP contribution in [0.2, 0.25) is 0 Å². The molecule has 0 atom stereocenters. The van der Waals surface area contributed by atoms with Crippen molar-refractivity contribution in [2.24, 2.45) is 7.05 Å². The van der Waals surface area contributed by atoms with Crippen LogP contribution in [-0.2, 0) is 17.1 Å². The molecule has 2 aromatic carbocycles. The molecule has 4 aromatic rings. The zero-order chi connectivity index (χ0) is 23.8. The lowest BCUT2D eigenvalue weighted by atomic mass is 10.1. The molecule has 2 heterocycles. The Morgan fingerprint density at radius 3 is 2.39 bits per heavy atom. The van der Waals surface area contributed by atoms with Crippen molar-refractivity contribution in [3.8, 4) is 11.1 Å². The van der Waals surface area contributed by atoms with E-state index in [-0.39, 0.29) is 22.0 Å². The second-order valence-electron chi connectivity index (χ2n) is 7.48. The van der Waals surface area contributed by atoms with E-state index in [4.69, 9.17) is 0 Å². The molecule has 0 spiro atoms. The summed E-state index contributed by atoms with van der Waals surface area (Å²) >= 11 is 2.58. The molecule has 0 aliphatic rings. The van der Waals surface area contributed by atoms with Crippen molar-refractivity contribution in [2.75, 3.05) is 19.8 Å². The van der Waals surface area contributed by atoms with Gasteiger partial charge in [-0.05, 0) is 17.7 Å². The monoisotopic (exact) mass is 499 g/mol. The summed E-state index contributed by atoms with van der Waals surface area (Å²) in [6.45, 7) is 0. The second-order valence-corrected chi connectivity index (χ2v) is 11.4. The highest BCUT2D eigenvalue weighted by Gasteiger charge is 2.19. The van der Waals surface area contributed by atoms with E-state index in [0.29, 0.717) is 20.9 Å². The predicted octanol–water partition coefficient (Wildman–Crippen LogP) is 3.89. The molecule has 4 rings (SSSR count). The van der Waals surface area contributed by atoms with Crippen LogP contribution in [0.15, 0.2) is 74.8 Å². The first-order chi connectivity index (χ1) is 15.7. The molecule has 0 saturated heterocycles. The van der Waals surface area contributed by atoms with Crippen molar-refractivity contribution in [2.45, 2.75) is 10.1 Å². The third kappa shape index (κ3) is 4.51. The first kappa shape index (κ1) is 23.4. The number of aromatic nitrogens is 2. The first-order valence-corrected chi connectivity index (χ1v) is 13.2. The number of Topliss-reactive ketones (excluding diaryl/α,β-unsaturated/α-hetero) is 1. The van der Waals surface area contributed by atoms with E-state index in [1.54, 1.807) is 7.05 Å². The maximum absolute atomic E-state index is 13.1. The highest BCUT2D eigenvalue weighted by atomic mass is 32.2. The largest absolute Gasteiger partial charge is 0.293 e. The molecule has 0 fully saturated rings. The number of thioether (sulfide) groups is 1. The van der Waals surface area contributed by atoms with E-state index >= 15 is 0 Å². The van der Waals surface area contributed by atoms with Crippen LogP contribution in [0.25, 0.3) is 21.3 Å². The fourth-order valence-corrected chi connectivity index (χ4v) is 6.01. The number of benzene rings is 2. The van der Waals surface area contributed by atoms with E-state index in [1.165, 1.54) is 66.0 Å². The minimum absolute atomic E-state index is 0.0719. The zero-order valence-corrected chi connectivity index (χ0v) is 20.6. The standard InChI is InChI=1S/C23H21N3O4S3/c1-25(2)33(29,30)17-11-9-16(10-12-17)19(27)14-32-23-24-21-20(22(28)26(23)3)18(13-31-21)15-7-5-4-6-8-15/h4-13H,14H2,1-3H3. The van der Waals surface area contributed by atoms with Crippen LogP contribution in [0.4, 0.5) is 0 Å². The lowest BCUT2D eigenvalue weighted by Crippen LogP contribution is -2.22. The van der Waals surface area contributed by atoms with E-state index in [2.05, 4.69) is 4.98 Å². The van der Waals surface area contributed by atoms with Gasteiger partial charge in [-0.1, -0.05) is 54.2 Å². The van der Waals surface area contributed by atoms with Crippen LogP contribution in [0.5, 0.6) is 0 Å². The highest BCUT2D eigenvalue weighted by Crippen LogP contribution is 2.32. The lowest BCUT2D eigenvalue weighted by Gasteiger charge is -2.11. The van der Waals surface area contributed by atoms with Gasteiger partial charge in [0.15, 0.2) is 10.9 Å². The molecule has 33 heavy (non-hydrogen) atoms. The van der Waals surface area contributed by atoms with E-state index in [0.717, 1.165) is 15.4 Å². The number of thiophene rings is 1. The summed E-state index contributed by atoms with van der Waals surface area (Å²) in [7, 11) is 1.00. The number of sulfonamides is 1. The zero-order valence-electron chi connectivity index (χ0n) is 18.2. The Bertz CT molecular complexity index is 1490. The van der Waals surface area contributed by atoms with Crippen molar-refractivity contribution in [3.63, 3.8) is 0 Å². The molecule has 170 valence electrons. The number of hydrogen-bond donors (Lipinski definition) is 0. The molecule has 0 saturated carbocycles. The fraction of sp³-hybridized carbons (Fsp3) is 0.174. The molecule has 0 aliphatic heterocycles. The summed E-state index contributed by atoms with van der Waals surface area (Å²) in [5.74, 6) is -0.109. The van der Waals surface area contributed by atoms with Gasteiger partial charge in [0.05, 0.1) is 16.0 Å². The van der Waals surface area contributed by atoms with Crippen LogP contribution in [-0.4, -0.2) is 47.9 Å². The number of fused-ring (bicyclic) bond motifs is 1. The number of carbonyl (C=O) groups excluding carboxylic acids is 1. The van der Waals surface area contributed by atoms with Crippen molar-refractivity contribution in [1.82, 2.24) is 13.9 Å². The van der Waals surface area contributed by atoms with E-state index in [1.807, 2.05) is 35.7 Å². The minimum Gasteiger partial charge on any atom is -0.293 e. The van der Waals surface area contributed by atoms with Gasteiger partial charge < -0.3 is 0 Å². The first-order valence-electron chi connectivity index (χ1n) is 9.92. The lowest BCUT2D eigenvalue weighted by molar-refractivity contribution is 0.102. The van der Waals surface area contributed by atoms with Crippen LogP contribution in [0, 0.1) is 0 Å². The summed E-state index contributed by atoms with van der Waals surface area (Å²) in [6, 6.07) is 15.5. The molecule has 10 heteroatoms. The van der Waals surface area contributed by atoms with Crippen LogP contribution < -0.4 is 5.56 Å². The average Bonchev–Trinajstić information content (AvgIpc) is 3.25. The highest BCUT2D eigenvalue weighted by molar-refractivity contribution is 7.99. The fourth-order valence-electron chi connectivity index (χ4n) is 3.25. The molecule has 0 aliphatic carbocycles. The number of carbonyl (C=O) groups is 1. The van der Waals surface area contributed by atoms with Gasteiger partial charge in [0, 0.05) is 37.6 Å². The van der Waals surface area contributed by atoms with Crippen LogP contribution in [0.3, 0.4) is 0 Å². The van der Waals surface area contributed by atoms with Gasteiger partial charge in [0.1, 0.15) is 4.83 Å². The molecule has 2 aromatic heterocycles. The molecular weight excluding hydrogens is 478 g/mol. The second kappa shape index (κ2) is 9.22. The third-order valence-electron chi connectivity index (χ3n) is 5.15. The van der Waals surface area contributed by atoms with Crippen molar-refractivity contribution >= 4 is 49.1 Å². The molecule has 0 amide bonds. The number of rotatable bonds is 7. The Labute approximate surface area is 199 Å². The van der Waals surface area contributed by atoms with Gasteiger partial charge in [0.2, 0.25) is 10.0 Å². The Balaban J connectivity index is 1.56. The topological polar surface area (TPSA) is 89.3 Å². The van der Waals surface area contributed by atoms with Gasteiger partial charge in [-0.15, -0.1) is 11.3 Å². The molecular formula is C23H21N3O4S3. The summed E-state index contributed by atoms with van der Waals surface area (Å²) in [5, 5.41) is 2.95. The van der Waals surface area contributed by atoms with Crippen LogP contribution in [0.1, 0.15) is 10.4 Å². The molecule has 0 unspecified atom stereocenters. The Morgan fingerprint density at radius 2 is 1.76 bits per heavy atom.